The van der Waals surface area contributed by atoms with Gasteiger partial charge in [0.15, 0.2) is 5.84 Å². The van der Waals surface area contributed by atoms with Crippen molar-refractivity contribution >= 4 is 11.7 Å². The summed E-state index contributed by atoms with van der Waals surface area (Å²) in [6.45, 7) is 2.66. The van der Waals surface area contributed by atoms with Gasteiger partial charge in [0.2, 0.25) is 0 Å². The molecule has 6 nitrogen and oxygen atoms in total. The van der Waals surface area contributed by atoms with Crippen molar-refractivity contribution in [1.29, 1.82) is 0 Å². The average Bonchev–Trinajstić information content (AvgIpc) is 3.02. The van der Waals surface area contributed by atoms with Crippen LogP contribution in [-0.2, 0) is 9.63 Å². The van der Waals surface area contributed by atoms with Crippen molar-refractivity contribution in [3.8, 4) is 0 Å². The average molecular weight is 327 g/mol. The van der Waals surface area contributed by atoms with E-state index < -0.39 is 23.8 Å². The molecule has 0 unspecified atom stereocenters. The van der Waals surface area contributed by atoms with E-state index in [1.165, 1.54) is 13.8 Å². The molecule has 0 radical (unpaired) electrons. The Morgan fingerprint density at radius 1 is 1.43 bits per heavy atom. The monoisotopic (exact) mass is 327 g/mol. The van der Waals surface area contributed by atoms with Crippen molar-refractivity contribution in [3.05, 3.63) is 35.4 Å². The van der Waals surface area contributed by atoms with E-state index in [0.717, 1.165) is 10.6 Å². The smallest absolute Gasteiger partial charge is 0.258 e. The van der Waals surface area contributed by atoms with Gasteiger partial charge in [-0.3, -0.25) is 9.63 Å². The van der Waals surface area contributed by atoms with E-state index in [2.05, 4.69) is 5.16 Å². The van der Waals surface area contributed by atoms with E-state index in [1.54, 1.807) is 24.3 Å². The molecule has 0 aliphatic carbocycles. The molecule has 126 valence electrons. The first-order valence-corrected chi connectivity index (χ1v) is 7.11. The minimum absolute atomic E-state index is 0.0361. The Hall–Kier alpha value is -2.22. The minimum Gasteiger partial charge on any atom is -0.409 e. The number of amides is 1. The maximum atomic E-state index is 13.1. The summed E-state index contributed by atoms with van der Waals surface area (Å²) in [6.07, 6.45) is -2.28. The maximum Gasteiger partial charge on any atom is 0.258 e. The standard InChI is InChI=1S/C15H19F2N3O3/c1-15(2,13(16)17)14(21)20-11(7-8-23-20)9-3-5-10(6-4-9)12(18)19-22/h3-6,11,13,22H,7-8H2,1-2H3,(H2,18,19)/t11-/m0/s1. The Morgan fingerprint density at radius 2 is 2.04 bits per heavy atom. The topological polar surface area (TPSA) is 88.2 Å². The second kappa shape index (κ2) is 6.49. The third kappa shape index (κ3) is 3.26. The van der Waals surface area contributed by atoms with Gasteiger partial charge >= 0.3 is 0 Å². The van der Waals surface area contributed by atoms with Crippen LogP contribution in [-0.4, -0.2) is 35.0 Å². The van der Waals surface area contributed by atoms with Crippen molar-refractivity contribution in [2.45, 2.75) is 32.7 Å². The largest absolute Gasteiger partial charge is 0.409 e. The molecule has 0 spiro atoms. The molecule has 1 fully saturated rings. The fourth-order valence-electron chi connectivity index (χ4n) is 2.28. The summed E-state index contributed by atoms with van der Waals surface area (Å²) in [6, 6.07) is 6.21. The first kappa shape index (κ1) is 17.1. The number of nitrogens with two attached hydrogens (primary N) is 1. The number of benzene rings is 1. The van der Waals surface area contributed by atoms with Crippen LogP contribution in [0, 0.1) is 5.41 Å². The molecule has 3 N–H and O–H groups in total. The number of alkyl halides is 2. The summed E-state index contributed by atoms with van der Waals surface area (Å²) in [5.74, 6) is -0.790. The summed E-state index contributed by atoms with van der Waals surface area (Å²) < 4.78 is 26.1. The highest BCUT2D eigenvalue weighted by Gasteiger charge is 2.45. The lowest BCUT2D eigenvalue weighted by Gasteiger charge is -2.31. The number of carbonyl (C=O) groups is 1. The molecule has 1 aliphatic rings. The molecule has 1 heterocycles. The maximum absolute atomic E-state index is 13.1. The van der Waals surface area contributed by atoms with Crippen LogP contribution in [0.15, 0.2) is 29.4 Å². The number of amidine groups is 1. The Labute approximate surface area is 132 Å². The summed E-state index contributed by atoms with van der Waals surface area (Å²) >= 11 is 0. The van der Waals surface area contributed by atoms with Crippen molar-refractivity contribution in [2.24, 2.45) is 16.3 Å². The zero-order chi connectivity index (χ0) is 17.2. The zero-order valence-electron chi connectivity index (χ0n) is 12.9. The van der Waals surface area contributed by atoms with Crippen LogP contribution in [0.5, 0.6) is 0 Å². The van der Waals surface area contributed by atoms with E-state index >= 15 is 0 Å². The van der Waals surface area contributed by atoms with Crippen LogP contribution >= 0.6 is 0 Å². The van der Waals surface area contributed by atoms with Gasteiger partial charge in [-0.05, 0) is 19.4 Å². The predicted molar refractivity (Wildman–Crippen MR) is 78.9 cm³/mol. The Morgan fingerprint density at radius 3 is 2.57 bits per heavy atom. The van der Waals surface area contributed by atoms with Crippen molar-refractivity contribution in [3.63, 3.8) is 0 Å². The minimum atomic E-state index is -2.79. The van der Waals surface area contributed by atoms with Crippen LogP contribution in [0.2, 0.25) is 0 Å². The van der Waals surface area contributed by atoms with Gasteiger partial charge in [-0.15, -0.1) is 0 Å². The molecule has 1 aromatic carbocycles. The predicted octanol–water partition coefficient (Wildman–Crippen LogP) is 2.28. The summed E-state index contributed by atoms with van der Waals surface area (Å²) in [5.41, 5.74) is 4.91. The van der Waals surface area contributed by atoms with Gasteiger partial charge in [0.05, 0.1) is 12.6 Å². The molecule has 1 saturated heterocycles. The number of hydroxylamine groups is 2. The number of hydrogen-bond acceptors (Lipinski definition) is 4. The molecule has 2 rings (SSSR count). The van der Waals surface area contributed by atoms with Gasteiger partial charge in [0.1, 0.15) is 5.41 Å². The third-order valence-corrected chi connectivity index (χ3v) is 3.90. The normalized spacial score (nSPS) is 19.4. The molecule has 23 heavy (non-hydrogen) atoms. The summed E-state index contributed by atoms with van der Waals surface area (Å²) in [4.78, 5) is 17.6. The highest BCUT2D eigenvalue weighted by molar-refractivity contribution is 5.97. The molecule has 0 aromatic heterocycles. The van der Waals surface area contributed by atoms with Gasteiger partial charge in [0, 0.05) is 12.0 Å². The Bertz CT molecular complexity index is 602. The molecule has 1 amide bonds. The van der Waals surface area contributed by atoms with Crippen LogP contribution in [0.25, 0.3) is 0 Å². The quantitative estimate of drug-likeness (QED) is 0.384. The summed E-state index contributed by atoms with van der Waals surface area (Å²) in [7, 11) is 0. The number of hydrogen-bond donors (Lipinski definition) is 2. The van der Waals surface area contributed by atoms with Crippen molar-refractivity contribution in [1.82, 2.24) is 5.06 Å². The van der Waals surface area contributed by atoms with Crippen LogP contribution in [0.3, 0.4) is 0 Å². The highest BCUT2D eigenvalue weighted by atomic mass is 19.3. The molecular weight excluding hydrogens is 308 g/mol. The fourth-order valence-corrected chi connectivity index (χ4v) is 2.28. The van der Waals surface area contributed by atoms with E-state index in [4.69, 9.17) is 15.8 Å². The fraction of sp³-hybridized carbons (Fsp3) is 0.467. The first-order valence-electron chi connectivity index (χ1n) is 7.11. The van der Waals surface area contributed by atoms with Gasteiger partial charge in [-0.25, -0.2) is 13.8 Å². The van der Waals surface area contributed by atoms with E-state index in [1.807, 2.05) is 0 Å². The second-order valence-electron chi connectivity index (χ2n) is 5.90. The number of carbonyl (C=O) groups excluding carboxylic acids is 1. The molecular formula is C15H19F2N3O3. The lowest BCUT2D eigenvalue weighted by Crippen LogP contribution is -2.43. The number of rotatable bonds is 4. The molecule has 1 aliphatic heterocycles. The second-order valence-corrected chi connectivity index (χ2v) is 5.90. The zero-order valence-corrected chi connectivity index (χ0v) is 12.9. The van der Waals surface area contributed by atoms with Gasteiger partial charge < -0.3 is 10.9 Å². The van der Waals surface area contributed by atoms with Crippen molar-refractivity contribution in [2.75, 3.05) is 6.61 Å². The summed E-state index contributed by atoms with van der Waals surface area (Å²) in [5, 5.41) is 12.6. The first-order chi connectivity index (χ1) is 10.8. The molecule has 1 atom stereocenters. The van der Waals surface area contributed by atoms with Gasteiger partial charge in [0.25, 0.3) is 12.3 Å². The van der Waals surface area contributed by atoms with Crippen LogP contribution < -0.4 is 5.73 Å². The van der Waals surface area contributed by atoms with Crippen LogP contribution in [0.1, 0.15) is 37.4 Å². The lowest BCUT2D eigenvalue weighted by atomic mass is 9.91. The Kier molecular flexibility index (Phi) is 4.84. The molecule has 0 saturated carbocycles. The SMILES string of the molecule is CC(C)(C(=O)N1OCC[C@H]1c1ccc(/C(N)=N/O)cc1)C(F)F. The van der Waals surface area contributed by atoms with Crippen LogP contribution in [0.4, 0.5) is 8.78 Å². The van der Waals surface area contributed by atoms with Crippen molar-refractivity contribution < 1.29 is 23.6 Å². The number of nitrogens with zero attached hydrogens (tertiary/aromatic N) is 2. The van der Waals surface area contributed by atoms with E-state index in [0.29, 0.717) is 12.0 Å². The number of oxime groups is 1. The van der Waals surface area contributed by atoms with E-state index in [-0.39, 0.29) is 12.4 Å². The van der Waals surface area contributed by atoms with Gasteiger partial charge in [-0.2, -0.15) is 0 Å². The highest BCUT2D eigenvalue weighted by Crippen LogP contribution is 2.36. The third-order valence-electron chi connectivity index (χ3n) is 3.90. The van der Waals surface area contributed by atoms with E-state index in [9.17, 15) is 13.6 Å². The number of halogens is 2. The molecule has 8 heteroatoms. The van der Waals surface area contributed by atoms with Gasteiger partial charge in [-0.1, -0.05) is 29.4 Å². The molecule has 1 aromatic rings. The Balaban J connectivity index is 2.24. The molecule has 0 bridgehead atoms. The lowest BCUT2D eigenvalue weighted by molar-refractivity contribution is -0.194.